The van der Waals surface area contributed by atoms with Crippen LogP contribution in [0.1, 0.15) is 11.1 Å². The average molecular weight is 455 g/mol. The van der Waals surface area contributed by atoms with Gasteiger partial charge in [0.15, 0.2) is 5.17 Å². The highest BCUT2D eigenvalue weighted by molar-refractivity contribution is 14.1. The summed E-state index contributed by atoms with van der Waals surface area (Å²) in [5.41, 5.74) is 2.67. The van der Waals surface area contributed by atoms with Gasteiger partial charge in [-0.2, -0.15) is 0 Å². The van der Waals surface area contributed by atoms with Crippen molar-refractivity contribution in [3.63, 3.8) is 0 Å². The molecule has 1 heterocycles. The van der Waals surface area contributed by atoms with E-state index in [1.807, 2.05) is 55.5 Å². The molecule has 0 unspecified atom stereocenters. The van der Waals surface area contributed by atoms with Crippen LogP contribution in [0.3, 0.4) is 0 Å². The third-order valence-electron chi connectivity index (χ3n) is 3.30. The summed E-state index contributed by atoms with van der Waals surface area (Å²) in [4.78, 5) is 17.3. The first kappa shape index (κ1) is 16.5. The summed E-state index contributed by atoms with van der Waals surface area (Å²) in [5, 5.41) is 4.03. The van der Waals surface area contributed by atoms with Crippen molar-refractivity contribution in [3.8, 4) is 0 Å². The molecule has 6 heteroatoms. The van der Waals surface area contributed by atoms with Crippen molar-refractivity contribution in [2.24, 2.45) is 4.99 Å². The number of amides is 1. The topological polar surface area (TPSA) is 41.5 Å². The van der Waals surface area contributed by atoms with Crippen LogP contribution in [0.2, 0.25) is 5.02 Å². The molecule has 3 nitrogen and oxygen atoms in total. The lowest BCUT2D eigenvalue weighted by Gasteiger charge is -2.02. The minimum Gasteiger partial charge on any atom is -0.300 e. The van der Waals surface area contributed by atoms with E-state index in [1.54, 1.807) is 0 Å². The molecular formula is C17H12ClIN2OS. The van der Waals surface area contributed by atoms with Gasteiger partial charge in [-0.25, -0.2) is 4.99 Å². The lowest BCUT2D eigenvalue weighted by molar-refractivity contribution is -0.115. The second-order valence-electron chi connectivity index (χ2n) is 4.89. The molecule has 1 amide bonds. The Balaban J connectivity index is 1.89. The predicted octanol–water partition coefficient (Wildman–Crippen LogP) is 5.14. The van der Waals surface area contributed by atoms with Crippen LogP contribution in [0.5, 0.6) is 0 Å². The highest BCUT2D eigenvalue weighted by Crippen LogP contribution is 2.31. The largest absolute Gasteiger partial charge is 0.300 e. The van der Waals surface area contributed by atoms with E-state index in [4.69, 9.17) is 11.6 Å². The highest BCUT2D eigenvalue weighted by atomic mass is 127. The molecule has 2 aromatic rings. The molecule has 1 fully saturated rings. The van der Waals surface area contributed by atoms with Crippen molar-refractivity contribution >= 4 is 68.8 Å². The molecule has 1 N–H and O–H groups in total. The van der Waals surface area contributed by atoms with Gasteiger partial charge in [-0.15, -0.1) is 0 Å². The first-order valence-corrected chi connectivity index (χ1v) is 9.11. The Hall–Kier alpha value is -1.31. The summed E-state index contributed by atoms with van der Waals surface area (Å²) in [6.07, 6.45) is 1.88. The zero-order valence-electron chi connectivity index (χ0n) is 12.1. The van der Waals surface area contributed by atoms with Gasteiger partial charge in [0.1, 0.15) is 0 Å². The number of halogens is 2. The fraction of sp³-hybridized carbons (Fsp3) is 0.0588. The maximum atomic E-state index is 12.1. The first-order valence-electron chi connectivity index (χ1n) is 6.84. The molecule has 2 aromatic carbocycles. The number of hydrogen-bond acceptors (Lipinski definition) is 3. The van der Waals surface area contributed by atoms with Crippen molar-refractivity contribution < 1.29 is 4.79 Å². The molecule has 3 rings (SSSR count). The van der Waals surface area contributed by atoms with E-state index in [0.29, 0.717) is 15.1 Å². The second kappa shape index (κ2) is 7.07. The molecule has 0 aliphatic carbocycles. The van der Waals surface area contributed by atoms with E-state index in [-0.39, 0.29) is 5.91 Å². The summed E-state index contributed by atoms with van der Waals surface area (Å²) in [7, 11) is 0. The Morgan fingerprint density at radius 3 is 2.78 bits per heavy atom. The van der Waals surface area contributed by atoms with E-state index in [1.165, 1.54) is 11.8 Å². The summed E-state index contributed by atoms with van der Waals surface area (Å²) in [5.74, 6) is -0.131. The molecule has 1 aliphatic heterocycles. The minimum absolute atomic E-state index is 0.131. The fourth-order valence-corrected chi connectivity index (χ4v) is 3.58. The normalized spacial score (nSPS) is 17.8. The van der Waals surface area contributed by atoms with Gasteiger partial charge in [0, 0.05) is 8.59 Å². The molecule has 0 radical (unpaired) electrons. The van der Waals surface area contributed by atoms with Crippen molar-refractivity contribution in [3.05, 3.63) is 67.1 Å². The highest BCUT2D eigenvalue weighted by Gasteiger charge is 2.24. The average Bonchev–Trinajstić information content (AvgIpc) is 2.86. The van der Waals surface area contributed by atoms with Gasteiger partial charge < -0.3 is 5.32 Å². The summed E-state index contributed by atoms with van der Waals surface area (Å²) in [6, 6.07) is 13.5. The zero-order chi connectivity index (χ0) is 16.4. The summed E-state index contributed by atoms with van der Waals surface area (Å²) in [6.45, 7) is 1.91. The van der Waals surface area contributed by atoms with E-state index in [2.05, 4.69) is 32.9 Å². The molecule has 116 valence electrons. The smallest absolute Gasteiger partial charge is 0.264 e. The molecule has 0 atom stereocenters. The Kier molecular flexibility index (Phi) is 5.08. The maximum absolute atomic E-state index is 12.1. The summed E-state index contributed by atoms with van der Waals surface area (Å²) < 4.78 is 1.10. The van der Waals surface area contributed by atoms with Gasteiger partial charge in [-0.1, -0.05) is 35.9 Å². The molecule has 0 saturated carbocycles. The number of carbonyl (C=O) groups excluding carboxylic acids is 1. The Morgan fingerprint density at radius 1 is 1.22 bits per heavy atom. The molecule has 1 aliphatic rings. The number of amidine groups is 1. The van der Waals surface area contributed by atoms with Crippen LogP contribution in [-0.2, 0) is 4.79 Å². The SMILES string of the molecule is Cc1c(Cl)cccc1N=C1NC(=O)/C(=C/c2ccccc2I)S1. The molecule has 0 bridgehead atoms. The Bertz CT molecular complexity index is 848. The van der Waals surface area contributed by atoms with Crippen molar-refractivity contribution in [1.82, 2.24) is 5.32 Å². The van der Waals surface area contributed by atoms with Gasteiger partial charge in [-0.05, 0) is 76.7 Å². The van der Waals surface area contributed by atoms with E-state index in [0.717, 1.165) is 20.4 Å². The number of thioether (sulfide) groups is 1. The zero-order valence-corrected chi connectivity index (χ0v) is 15.9. The number of benzene rings is 2. The maximum Gasteiger partial charge on any atom is 0.264 e. The first-order chi connectivity index (χ1) is 11.0. The quantitative estimate of drug-likeness (QED) is 0.504. The van der Waals surface area contributed by atoms with Crippen LogP contribution in [0.15, 0.2) is 52.4 Å². The molecule has 0 spiro atoms. The van der Waals surface area contributed by atoms with Crippen LogP contribution in [0, 0.1) is 10.5 Å². The van der Waals surface area contributed by atoms with E-state index >= 15 is 0 Å². The van der Waals surface area contributed by atoms with Gasteiger partial charge in [0.2, 0.25) is 0 Å². The van der Waals surface area contributed by atoms with Crippen molar-refractivity contribution in [1.29, 1.82) is 0 Å². The van der Waals surface area contributed by atoms with Crippen molar-refractivity contribution in [2.75, 3.05) is 0 Å². The molecule has 23 heavy (non-hydrogen) atoms. The van der Waals surface area contributed by atoms with E-state index < -0.39 is 0 Å². The lowest BCUT2D eigenvalue weighted by atomic mass is 10.2. The molecular weight excluding hydrogens is 443 g/mol. The van der Waals surface area contributed by atoms with Crippen molar-refractivity contribution in [2.45, 2.75) is 6.92 Å². The van der Waals surface area contributed by atoms with E-state index in [9.17, 15) is 4.79 Å². The van der Waals surface area contributed by atoms with Gasteiger partial charge in [0.25, 0.3) is 5.91 Å². The lowest BCUT2D eigenvalue weighted by Crippen LogP contribution is -2.19. The van der Waals surface area contributed by atoms with Crippen LogP contribution in [0.25, 0.3) is 6.08 Å². The Labute approximate surface area is 157 Å². The third-order valence-corrected chi connectivity index (χ3v) is 5.61. The van der Waals surface area contributed by atoms with Gasteiger partial charge >= 0.3 is 0 Å². The number of nitrogens with one attached hydrogen (secondary N) is 1. The van der Waals surface area contributed by atoms with Gasteiger partial charge in [0.05, 0.1) is 10.6 Å². The molecule has 0 aromatic heterocycles. The van der Waals surface area contributed by atoms with Crippen LogP contribution < -0.4 is 5.32 Å². The minimum atomic E-state index is -0.131. The monoisotopic (exact) mass is 454 g/mol. The fourth-order valence-electron chi connectivity index (χ4n) is 2.04. The second-order valence-corrected chi connectivity index (χ2v) is 7.49. The van der Waals surface area contributed by atoms with Gasteiger partial charge in [-0.3, -0.25) is 4.79 Å². The number of aliphatic imine (C=N–C) groups is 1. The molecule has 1 saturated heterocycles. The van der Waals surface area contributed by atoms with Crippen LogP contribution in [0.4, 0.5) is 5.69 Å². The number of hydrogen-bond donors (Lipinski definition) is 1. The van der Waals surface area contributed by atoms with Crippen LogP contribution >= 0.6 is 46.0 Å². The number of rotatable bonds is 2. The number of carbonyl (C=O) groups is 1. The third kappa shape index (κ3) is 3.79. The predicted molar refractivity (Wildman–Crippen MR) is 106 cm³/mol. The standard InChI is InChI=1S/C17H12ClIN2OS/c1-10-12(18)6-4-8-14(10)20-17-21-16(22)15(23-17)9-11-5-2-3-7-13(11)19/h2-9H,1H3,(H,20,21,22)/b15-9-. The summed E-state index contributed by atoms with van der Waals surface area (Å²) >= 11 is 9.70. The Morgan fingerprint density at radius 2 is 2.00 bits per heavy atom. The van der Waals surface area contributed by atoms with Crippen LogP contribution in [-0.4, -0.2) is 11.1 Å². The number of nitrogens with zero attached hydrogens (tertiary/aromatic N) is 1.